The van der Waals surface area contributed by atoms with Gasteiger partial charge in [-0.25, -0.2) is 4.98 Å². The van der Waals surface area contributed by atoms with Gasteiger partial charge in [0.05, 0.1) is 41.7 Å². The SMILES string of the molecule is CC[C@H](C)[C@@H]([C@@H](CC(=O)N1CCC[C@H]1[C@H](OC)[C@@H](C)C(=S)N[C@@H](Cc1ccccc1)c1nccs1)OC)N(C)C(=O)[C@@H](NC(=O)[C@H](C(C)C)N(C)C(=O)CCCCCN1C(=O)C=CC1=O)C(C)C. The van der Waals surface area contributed by atoms with Crippen LogP contribution in [0.4, 0.5) is 0 Å². The van der Waals surface area contributed by atoms with E-state index in [4.69, 9.17) is 21.7 Å². The number of likely N-dealkylation sites (N-methyl/N-ethyl adjacent to an activating group) is 2. The minimum absolute atomic E-state index is 0.0308. The van der Waals surface area contributed by atoms with Crippen LogP contribution < -0.4 is 10.6 Å². The Balaban J connectivity index is 1.42. The van der Waals surface area contributed by atoms with Gasteiger partial charge in [-0.1, -0.05) is 104 Å². The third kappa shape index (κ3) is 14.7. The smallest absolute Gasteiger partial charge is 0.253 e. The summed E-state index contributed by atoms with van der Waals surface area (Å²) in [5.41, 5.74) is 1.16. The first kappa shape index (κ1) is 56.0. The van der Waals surface area contributed by atoms with Gasteiger partial charge in [0.15, 0.2) is 0 Å². The van der Waals surface area contributed by atoms with Gasteiger partial charge in [0, 0.05) is 77.5 Å². The van der Waals surface area contributed by atoms with E-state index in [2.05, 4.69) is 27.8 Å². The molecular weight excluding hydrogens is 903 g/mol. The number of nitrogens with one attached hydrogen (secondary N) is 2. The lowest BCUT2D eigenvalue weighted by atomic mass is 9.89. The number of ether oxygens (including phenoxy) is 2. The third-order valence-electron chi connectivity index (χ3n) is 13.7. The van der Waals surface area contributed by atoms with Crippen LogP contribution in [0.25, 0.3) is 0 Å². The Morgan fingerprint density at radius 1 is 0.912 bits per heavy atom. The largest absolute Gasteiger partial charge is 0.379 e. The number of hydrogen-bond donors (Lipinski definition) is 2. The van der Waals surface area contributed by atoms with Crippen LogP contribution >= 0.6 is 23.6 Å². The number of likely N-dealkylation sites (tertiary alicyclic amines) is 1. The summed E-state index contributed by atoms with van der Waals surface area (Å²) >= 11 is 7.64. The molecule has 0 saturated carbocycles. The van der Waals surface area contributed by atoms with Crippen LogP contribution in [0, 0.1) is 23.7 Å². The lowest BCUT2D eigenvalue weighted by Gasteiger charge is -2.41. The molecule has 0 aliphatic carbocycles. The summed E-state index contributed by atoms with van der Waals surface area (Å²) < 4.78 is 12.3. The van der Waals surface area contributed by atoms with Crippen molar-refractivity contribution in [3.63, 3.8) is 0 Å². The number of aromatic nitrogens is 1. The number of methoxy groups -OCH3 is 2. The molecule has 1 aromatic heterocycles. The van der Waals surface area contributed by atoms with Crippen molar-refractivity contribution in [3.8, 4) is 0 Å². The van der Waals surface area contributed by atoms with E-state index in [9.17, 15) is 28.8 Å². The summed E-state index contributed by atoms with van der Waals surface area (Å²) in [6, 6.07) is 7.60. The third-order valence-corrected chi connectivity index (χ3v) is 15.1. The van der Waals surface area contributed by atoms with Crippen molar-refractivity contribution >= 4 is 64.0 Å². The van der Waals surface area contributed by atoms with Gasteiger partial charge in [0.2, 0.25) is 23.6 Å². The second-order valence-corrected chi connectivity index (χ2v) is 20.5. The Bertz CT molecular complexity index is 2000. The predicted octanol–water partition coefficient (Wildman–Crippen LogP) is 6.37. The maximum atomic E-state index is 14.6. The minimum Gasteiger partial charge on any atom is -0.379 e. The molecule has 2 N–H and O–H groups in total. The van der Waals surface area contributed by atoms with Crippen LogP contribution in [0.1, 0.15) is 116 Å². The molecule has 0 unspecified atom stereocenters. The lowest BCUT2D eigenvalue weighted by molar-refractivity contribution is -0.148. The zero-order valence-electron chi connectivity index (χ0n) is 42.1. The van der Waals surface area contributed by atoms with Crippen molar-refractivity contribution < 1.29 is 38.2 Å². The molecule has 2 aromatic rings. The van der Waals surface area contributed by atoms with Gasteiger partial charge in [-0.2, -0.15) is 0 Å². The van der Waals surface area contributed by atoms with Crippen molar-refractivity contribution in [1.82, 2.24) is 35.2 Å². The molecule has 15 nitrogen and oxygen atoms in total. The Morgan fingerprint density at radius 3 is 2.16 bits per heavy atom. The summed E-state index contributed by atoms with van der Waals surface area (Å²) in [7, 11) is 6.56. The van der Waals surface area contributed by atoms with Gasteiger partial charge in [0.25, 0.3) is 11.8 Å². The zero-order valence-corrected chi connectivity index (χ0v) is 43.8. The second-order valence-electron chi connectivity index (χ2n) is 19.1. The molecule has 17 heteroatoms. The minimum atomic E-state index is -0.922. The van der Waals surface area contributed by atoms with Gasteiger partial charge < -0.3 is 34.8 Å². The average Bonchev–Trinajstić information content (AvgIpc) is 4.10. The molecular formula is C51H77N7O8S2. The van der Waals surface area contributed by atoms with E-state index < -0.39 is 30.1 Å². The van der Waals surface area contributed by atoms with Gasteiger partial charge in [-0.15, -0.1) is 11.3 Å². The Morgan fingerprint density at radius 2 is 1.59 bits per heavy atom. The van der Waals surface area contributed by atoms with E-state index in [1.807, 2.05) is 76.9 Å². The van der Waals surface area contributed by atoms with Crippen molar-refractivity contribution in [2.75, 3.05) is 41.4 Å². The molecule has 9 atom stereocenters. The summed E-state index contributed by atoms with van der Waals surface area (Å²) in [5, 5.41) is 9.51. The highest BCUT2D eigenvalue weighted by Crippen LogP contribution is 2.31. The number of rotatable bonds is 27. The maximum Gasteiger partial charge on any atom is 0.253 e. The Kier molecular flexibility index (Phi) is 22.2. The van der Waals surface area contributed by atoms with Crippen molar-refractivity contribution in [1.29, 1.82) is 0 Å². The first-order chi connectivity index (χ1) is 32.4. The van der Waals surface area contributed by atoms with Crippen LogP contribution in [0.3, 0.4) is 0 Å². The molecule has 4 rings (SSSR count). The Labute approximate surface area is 414 Å². The van der Waals surface area contributed by atoms with Crippen LogP contribution in [0.5, 0.6) is 0 Å². The number of imide groups is 1. The fourth-order valence-electron chi connectivity index (χ4n) is 9.67. The molecule has 2 aliphatic rings. The highest BCUT2D eigenvalue weighted by atomic mass is 32.1. The zero-order chi connectivity index (χ0) is 50.2. The number of carbonyl (C=O) groups is 6. The number of nitrogens with zero attached hydrogens (tertiary/aromatic N) is 5. The monoisotopic (exact) mass is 980 g/mol. The molecule has 2 aliphatic heterocycles. The van der Waals surface area contributed by atoms with Gasteiger partial charge in [-0.05, 0) is 55.4 Å². The van der Waals surface area contributed by atoms with E-state index in [1.165, 1.54) is 22.0 Å². The number of thiazole rings is 1. The Hall–Kier alpha value is -4.58. The highest BCUT2D eigenvalue weighted by Gasteiger charge is 2.43. The molecule has 3 heterocycles. The molecule has 1 saturated heterocycles. The number of hydrogen-bond acceptors (Lipinski definition) is 11. The summed E-state index contributed by atoms with van der Waals surface area (Å²) in [6.07, 6.45) is 8.17. The number of benzene rings is 1. The molecule has 6 amide bonds. The molecule has 0 radical (unpaired) electrons. The average molecular weight is 980 g/mol. The van der Waals surface area contributed by atoms with Crippen LogP contribution in [0.2, 0.25) is 0 Å². The second kappa shape index (κ2) is 27.0. The van der Waals surface area contributed by atoms with Crippen LogP contribution in [-0.4, -0.2) is 143 Å². The first-order valence-corrected chi connectivity index (χ1v) is 25.6. The summed E-state index contributed by atoms with van der Waals surface area (Å²) in [5.74, 6) is -2.58. The highest BCUT2D eigenvalue weighted by molar-refractivity contribution is 7.80. The van der Waals surface area contributed by atoms with Gasteiger partial charge in [0.1, 0.15) is 17.1 Å². The normalized spacial score (nSPS) is 18.5. The molecule has 0 bridgehead atoms. The molecule has 1 aromatic carbocycles. The van der Waals surface area contributed by atoms with Crippen molar-refractivity contribution in [2.24, 2.45) is 23.7 Å². The molecule has 68 heavy (non-hydrogen) atoms. The fourth-order valence-corrected chi connectivity index (χ4v) is 10.6. The van der Waals surface area contributed by atoms with Gasteiger partial charge >= 0.3 is 0 Å². The quantitative estimate of drug-likeness (QED) is 0.0579. The van der Waals surface area contributed by atoms with E-state index >= 15 is 0 Å². The van der Waals surface area contributed by atoms with E-state index in [0.717, 1.165) is 23.4 Å². The topological polar surface area (TPSA) is 171 Å². The molecule has 0 spiro atoms. The number of thiocarbonyl (C=S) groups is 1. The number of carbonyl (C=O) groups excluding carboxylic acids is 6. The first-order valence-electron chi connectivity index (χ1n) is 24.3. The summed E-state index contributed by atoms with van der Waals surface area (Å²) in [4.78, 5) is 91.9. The fraction of sp³-hybridized carbons (Fsp3) is 0.647. The molecule has 376 valence electrons. The van der Waals surface area contributed by atoms with E-state index in [0.29, 0.717) is 43.6 Å². The van der Waals surface area contributed by atoms with Crippen molar-refractivity contribution in [2.45, 2.75) is 149 Å². The van der Waals surface area contributed by atoms with Crippen LogP contribution in [0.15, 0.2) is 54.1 Å². The van der Waals surface area contributed by atoms with Crippen molar-refractivity contribution in [3.05, 3.63) is 64.6 Å². The van der Waals surface area contributed by atoms with Gasteiger partial charge in [-0.3, -0.25) is 33.7 Å². The molecule has 1 fully saturated rings. The van der Waals surface area contributed by atoms with E-state index in [1.54, 1.807) is 50.7 Å². The van der Waals surface area contributed by atoms with Crippen LogP contribution in [-0.2, 0) is 44.7 Å². The number of unbranched alkanes of at least 4 members (excludes halogenated alkanes) is 2. The number of amides is 6. The lowest BCUT2D eigenvalue weighted by Crippen LogP contribution is -2.60. The standard InChI is InChI=1S/C51H77N7O8S2/c1-12-34(6)46(56(9)51(64)44(32(2)3)54-48(63)45(33(4)5)55(8)40(59)23-17-14-18-27-58-41(60)24-25-42(58)61)39(65-10)31-43(62)57-28-19-22-38(57)47(66-11)35(7)49(67)53-37(50-52-26-29-68-50)30-36-20-15-13-16-21-36/h13,15-16,20-21,24-26,29,32-35,37-39,44-47H,12,14,17-19,22-23,27-28,30-31H2,1-11H3,(H,53,67)(H,54,63)/t34-,35+,37-,38-,39+,44-,45-,46-,47+/m0/s1. The maximum absolute atomic E-state index is 14.6. The summed E-state index contributed by atoms with van der Waals surface area (Å²) in [6.45, 7) is 14.4. The van der Waals surface area contributed by atoms with E-state index in [-0.39, 0.29) is 90.8 Å². The predicted molar refractivity (Wildman–Crippen MR) is 269 cm³/mol.